The highest BCUT2D eigenvalue weighted by Gasteiger charge is 2.30. The van der Waals surface area contributed by atoms with Gasteiger partial charge >= 0.3 is 0 Å². The molecule has 104 valence electrons. The summed E-state index contributed by atoms with van der Waals surface area (Å²) in [5.41, 5.74) is 3.81. The van der Waals surface area contributed by atoms with E-state index in [0.29, 0.717) is 5.91 Å². The summed E-state index contributed by atoms with van der Waals surface area (Å²) in [7, 11) is 0. The zero-order valence-corrected chi connectivity index (χ0v) is 11.5. The number of benzene rings is 1. The number of amides is 1. The van der Waals surface area contributed by atoms with Gasteiger partial charge in [-0.05, 0) is 19.0 Å². The monoisotopic (exact) mass is 269 g/mol. The maximum absolute atomic E-state index is 12.5. The van der Waals surface area contributed by atoms with Crippen LogP contribution in [0.1, 0.15) is 17.7 Å². The van der Waals surface area contributed by atoms with Crippen molar-refractivity contribution in [1.29, 1.82) is 0 Å². The molecule has 4 rings (SSSR count). The van der Waals surface area contributed by atoms with Gasteiger partial charge in [0.25, 0.3) is 0 Å². The first-order valence-corrected chi connectivity index (χ1v) is 7.41. The van der Waals surface area contributed by atoms with E-state index in [0.717, 1.165) is 39.0 Å². The van der Waals surface area contributed by atoms with Crippen molar-refractivity contribution in [2.24, 2.45) is 5.92 Å². The Hall–Kier alpha value is -1.81. The van der Waals surface area contributed by atoms with Crippen LogP contribution >= 0.6 is 0 Å². The van der Waals surface area contributed by atoms with Crippen molar-refractivity contribution in [1.82, 2.24) is 15.2 Å². The number of nitrogens with zero attached hydrogens (tertiary/aromatic N) is 1. The number of carbonyl (C=O) groups is 1. The quantitative estimate of drug-likeness (QED) is 0.827. The number of H-pyrrole nitrogens is 1. The summed E-state index contributed by atoms with van der Waals surface area (Å²) in [5.74, 6) is 0.507. The Morgan fingerprint density at radius 3 is 3.05 bits per heavy atom. The number of aromatic amines is 1. The fourth-order valence-electron chi connectivity index (χ4n) is 3.48. The van der Waals surface area contributed by atoms with Crippen LogP contribution in [-0.2, 0) is 17.8 Å². The van der Waals surface area contributed by atoms with Crippen LogP contribution in [0.25, 0.3) is 10.9 Å². The SMILES string of the molecule is O=C(C1CCNC1)N1CCc2[nH]c3ccccc3c2C1. The van der Waals surface area contributed by atoms with Crippen LogP contribution < -0.4 is 5.32 Å². The van der Waals surface area contributed by atoms with Gasteiger partial charge in [-0.1, -0.05) is 18.2 Å². The maximum atomic E-state index is 12.5. The van der Waals surface area contributed by atoms with Crippen molar-refractivity contribution >= 4 is 16.8 Å². The second kappa shape index (κ2) is 4.63. The molecule has 1 aromatic heterocycles. The van der Waals surface area contributed by atoms with Crippen molar-refractivity contribution in [3.63, 3.8) is 0 Å². The van der Waals surface area contributed by atoms with Gasteiger partial charge in [0.2, 0.25) is 5.91 Å². The summed E-state index contributed by atoms with van der Waals surface area (Å²) in [6, 6.07) is 8.38. The highest BCUT2D eigenvalue weighted by molar-refractivity contribution is 5.86. The molecule has 0 bridgehead atoms. The molecule has 0 saturated carbocycles. The molecule has 1 saturated heterocycles. The van der Waals surface area contributed by atoms with Crippen molar-refractivity contribution in [3.05, 3.63) is 35.5 Å². The predicted molar refractivity (Wildman–Crippen MR) is 78.4 cm³/mol. The standard InChI is InChI=1S/C16H19N3O/c20-16(11-5-7-17-9-11)19-8-6-15-13(10-19)12-3-1-2-4-14(12)18-15/h1-4,11,17-18H,5-10H2. The summed E-state index contributed by atoms with van der Waals surface area (Å²) < 4.78 is 0. The molecule has 0 spiro atoms. The van der Waals surface area contributed by atoms with Gasteiger partial charge in [0, 0.05) is 48.2 Å². The number of hydrogen-bond donors (Lipinski definition) is 2. The first-order chi connectivity index (χ1) is 9.83. The van der Waals surface area contributed by atoms with Gasteiger partial charge in [0.15, 0.2) is 0 Å². The Balaban J connectivity index is 1.63. The second-order valence-electron chi connectivity index (χ2n) is 5.83. The van der Waals surface area contributed by atoms with Gasteiger partial charge in [0.1, 0.15) is 0 Å². The van der Waals surface area contributed by atoms with Gasteiger partial charge in [0.05, 0.1) is 5.92 Å². The largest absolute Gasteiger partial charge is 0.358 e. The fraction of sp³-hybridized carbons (Fsp3) is 0.438. The minimum Gasteiger partial charge on any atom is -0.358 e. The molecule has 1 unspecified atom stereocenters. The van der Waals surface area contributed by atoms with E-state index in [1.54, 1.807) is 0 Å². The van der Waals surface area contributed by atoms with Gasteiger partial charge in [-0.2, -0.15) is 0 Å². The van der Waals surface area contributed by atoms with Gasteiger partial charge in [-0.15, -0.1) is 0 Å². The molecule has 0 aliphatic carbocycles. The summed E-state index contributed by atoms with van der Waals surface area (Å²) in [6.45, 7) is 3.42. The number of aromatic nitrogens is 1. The van der Waals surface area contributed by atoms with Crippen LogP contribution in [0.5, 0.6) is 0 Å². The summed E-state index contributed by atoms with van der Waals surface area (Å²) in [6.07, 6.45) is 1.92. The third kappa shape index (κ3) is 1.83. The molecule has 1 amide bonds. The number of nitrogens with one attached hydrogen (secondary N) is 2. The zero-order chi connectivity index (χ0) is 13.5. The van der Waals surface area contributed by atoms with Crippen LogP contribution in [0, 0.1) is 5.92 Å². The lowest BCUT2D eigenvalue weighted by molar-refractivity contribution is -0.135. The van der Waals surface area contributed by atoms with Crippen LogP contribution in [0.15, 0.2) is 24.3 Å². The Labute approximate surface area is 118 Å². The molecule has 2 aromatic rings. The Kier molecular flexibility index (Phi) is 2.77. The molecule has 20 heavy (non-hydrogen) atoms. The lowest BCUT2D eigenvalue weighted by Crippen LogP contribution is -2.40. The van der Waals surface area contributed by atoms with E-state index in [1.165, 1.54) is 22.2 Å². The molecular formula is C16H19N3O. The van der Waals surface area contributed by atoms with Gasteiger partial charge in [-0.3, -0.25) is 4.79 Å². The van der Waals surface area contributed by atoms with Crippen LogP contribution in [-0.4, -0.2) is 35.4 Å². The van der Waals surface area contributed by atoms with Crippen molar-refractivity contribution in [2.75, 3.05) is 19.6 Å². The first kappa shape index (κ1) is 12.0. The maximum Gasteiger partial charge on any atom is 0.227 e. The minimum atomic E-state index is 0.182. The molecule has 2 N–H and O–H groups in total. The van der Waals surface area contributed by atoms with E-state index < -0.39 is 0 Å². The van der Waals surface area contributed by atoms with E-state index >= 15 is 0 Å². The Morgan fingerprint density at radius 1 is 1.30 bits per heavy atom. The van der Waals surface area contributed by atoms with Crippen molar-refractivity contribution in [2.45, 2.75) is 19.4 Å². The lowest BCUT2D eigenvalue weighted by Gasteiger charge is -2.29. The minimum absolute atomic E-state index is 0.182. The van der Waals surface area contributed by atoms with Crippen molar-refractivity contribution < 1.29 is 4.79 Å². The van der Waals surface area contributed by atoms with E-state index in [-0.39, 0.29) is 5.92 Å². The molecule has 1 atom stereocenters. The fourth-order valence-corrected chi connectivity index (χ4v) is 3.48. The topological polar surface area (TPSA) is 48.1 Å². The summed E-state index contributed by atoms with van der Waals surface area (Å²) in [4.78, 5) is 18.1. The number of rotatable bonds is 1. The molecule has 2 aliphatic heterocycles. The van der Waals surface area contributed by atoms with Gasteiger partial charge in [-0.25, -0.2) is 0 Å². The zero-order valence-electron chi connectivity index (χ0n) is 11.5. The highest BCUT2D eigenvalue weighted by atomic mass is 16.2. The van der Waals surface area contributed by atoms with E-state index in [2.05, 4.69) is 34.6 Å². The third-order valence-electron chi connectivity index (χ3n) is 4.60. The van der Waals surface area contributed by atoms with E-state index in [9.17, 15) is 4.79 Å². The molecule has 2 aliphatic rings. The Morgan fingerprint density at radius 2 is 2.20 bits per heavy atom. The first-order valence-electron chi connectivity index (χ1n) is 7.41. The molecule has 3 heterocycles. The average molecular weight is 269 g/mol. The summed E-state index contributed by atoms with van der Waals surface area (Å²) >= 11 is 0. The lowest BCUT2D eigenvalue weighted by atomic mass is 10.0. The second-order valence-corrected chi connectivity index (χ2v) is 5.83. The molecule has 4 nitrogen and oxygen atoms in total. The average Bonchev–Trinajstić information content (AvgIpc) is 3.13. The number of para-hydroxylation sites is 1. The number of fused-ring (bicyclic) bond motifs is 3. The molecule has 4 heteroatoms. The van der Waals surface area contributed by atoms with Crippen LogP contribution in [0.4, 0.5) is 0 Å². The third-order valence-corrected chi connectivity index (χ3v) is 4.60. The normalized spacial score (nSPS) is 22.2. The van der Waals surface area contributed by atoms with E-state index in [4.69, 9.17) is 0 Å². The molecular weight excluding hydrogens is 250 g/mol. The smallest absolute Gasteiger partial charge is 0.227 e. The van der Waals surface area contributed by atoms with Gasteiger partial charge < -0.3 is 15.2 Å². The number of hydrogen-bond acceptors (Lipinski definition) is 2. The number of carbonyl (C=O) groups excluding carboxylic acids is 1. The van der Waals surface area contributed by atoms with Crippen LogP contribution in [0.3, 0.4) is 0 Å². The molecule has 0 radical (unpaired) electrons. The van der Waals surface area contributed by atoms with Crippen molar-refractivity contribution in [3.8, 4) is 0 Å². The molecule has 1 fully saturated rings. The highest BCUT2D eigenvalue weighted by Crippen LogP contribution is 2.28. The van der Waals surface area contributed by atoms with Crippen LogP contribution in [0.2, 0.25) is 0 Å². The predicted octanol–water partition coefficient (Wildman–Crippen LogP) is 1.66. The Bertz CT molecular complexity index is 655. The van der Waals surface area contributed by atoms with E-state index in [1.807, 2.05) is 4.90 Å². The molecule has 1 aromatic carbocycles. The summed E-state index contributed by atoms with van der Waals surface area (Å²) in [5, 5.41) is 4.55.